The van der Waals surface area contributed by atoms with Crippen LogP contribution >= 0.6 is 12.2 Å². The van der Waals surface area contributed by atoms with Crippen LogP contribution in [0.25, 0.3) is 0 Å². The molecule has 6 heteroatoms. The van der Waals surface area contributed by atoms with Crippen LogP contribution in [0.15, 0.2) is 48.8 Å². The highest BCUT2D eigenvalue weighted by molar-refractivity contribution is 7.80. The minimum atomic E-state index is -0.286. The van der Waals surface area contributed by atoms with Gasteiger partial charge in [0, 0.05) is 45.1 Å². The van der Waals surface area contributed by atoms with Gasteiger partial charge in [0.15, 0.2) is 5.11 Å². The van der Waals surface area contributed by atoms with Crippen molar-refractivity contribution in [3.63, 3.8) is 0 Å². The van der Waals surface area contributed by atoms with Gasteiger partial charge in [0.1, 0.15) is 5.82 Å². The van der Waals surface area contributed by atoms with E-state index in [1.165, 1.54) is 11.6 Å². The molecule has 0 bridgehead atoms. The van der Waals surface area contributed by atoms with Crippen LogP contribution in [0.3, 0.4) is 0 Å². The maximum Gasteiger partial charge on any atom is 0.173 e. The van der Waals surface area contributed by atoms with Gasteiger partial charge in [0.2, 0.25) is 0 Å². The predicted octanol–water partition coefficient (Wildman–Crippen LogP) is 2.74. The molecule has 4 nitrogen and oxygen atoms in total. The Hall–Kier alpha value is -2.05. The normalized spacial score (nSPS) is 15.4. The molecule has 1 N–H and O–H groups in total. The number of hydrogen-bond acceptors (Lipinski definition) is 3. The average Bonchev–Trinajstić information content (AvgIpc) is 2.58. The lowest BCUT2D eigenvalue weighted by atomic mass is 10.2. The molecular formula is C17H19FN4S. The number of nitrogens with one attached hydrogen (secondary N) is 1. The molecule has 2 aromatic rings. The van der Waals surface area contributed by atoms with E-state index in [9.17, 15) is 4.39 Å². The van der Waals surface area contributed by atoms with Gasteiger partial charge in [0.05, 0.1) is 5.69 Å². The maximum absolute atomic E-state index is 13.7. The van der Waals surface area contributed by atoms with Crippen molar-refractivity contribution in [2.75, 3.05) is 31.5 Å². The van der Waals surface area contributed by atoms with Gasteiger partial charge in [-0.1, -0.05) is 12.1 Å². The number of aromatic nitrogens is 1. The molecule has 0 atom stereocenters. The van der Waals surface area contributed by atoms with Crippen molar-refractivity contribution in [2.45, 2.75) is 6.54 Å². The molecule has 23 heavy (non-hydrogen) atoms. The van der Waals surface area contributed by atoms with Crippen molar-refractivity contribution >= 4 is 23.0 Å². The number of hydrogen-bond donors (Lipinski definition) is 1. The van der Waals surface area contributed by atoms with Gasteiger partial charge in [-0.3, -0.25) is 9.88 Å². The first-order valence-electron chi connectivity index (χ1n) is 7.64. The second-order valence-electron chi connectivity index (χ2n) is 5.53. The monoisotopic (exact) mass is 330 g/mol. The summed E-state index contributed by atoms with van der Waals surface area (Å²) < 4.78 is 13.7. The van der Waals surface area contributed by atoms with Gasteiger partial charge in [-0.2, -0.15) is 0 Å². The second-order valence-corrected chi connectivity index (χ2v) is 5.92. The van der Waals surface area contributed by atoms with E-state index in [1.807, 2.05) is 24.5 Å². The van der Waals surface area contributed by atoms with Crippen molar-refractivity contribution < 1.29 is 4.39 Å². The molecule has 1 aliphatic heterocycles. The van der Waals surface area contributed by atoms with E-state index in [0.717, 1.165) is 32.7 Å². The molecule has 1 saturated heterocycles. The van der Waals surface area contributed by atoms with Crippen molar-refractivity contribution in [1.82, 2.24) is 14.8 Å². The molecule has 0 saturated carbocycles. The number of thiocarbonyl (C=S) groups is 1. The van der Waals surface area contributed by atoms with Crippen LogP contribution in [-0.4, -0.2) is 46.1 Å². The largest absolute Gasteiger partial charge is 0.346 e. The van der Waals surface area contributed by atoms with Crippen molar-refractivity contribution in [2.24, 2.45) is 0 Å². The number of para-hydroxylation sites is 1. The number of rotatable bonds is 3. The lowest BCUT2D eigenvalue weighted by Crippen LogP contribution is -2.49. The van der Waals surface area contributed by atoms with E-state index >= 15 is 0 Å². The zero-order valence-corrected chi connectivity index (χ0v) is 13.6. The molecule has 0 amide bonds. The fraction of sp³-hybridized carbons (Fsp3) is 0.294. The first kappa shape index (κ1) is 15.8. The predicted molar refractivity (Wildman–Crippen MR) is 93.7 cm³/mol. The Morgan fingerprint density at radius 1 is 1.09 bits per heavy atom. The molecule has 0 spiro atoms. The summed E-state index contributed by atoms with van der Waals surface area (Å²) in [6.45, 7) is 4.46. The molecule has 0 unspecified atom stereocenters. The summed E-state index contributed by atoms with van der Waals surface area (Å²) in [6.07, 6.45) is 3.64. The minimum absolute atomic E-state index is 0.286. The zero-order chi connectivity index (χ0) is 16.1. The van der Waals surface area contributed by atoms with Gasteiger partial charge < -0.3 is 10.2 Å². The maximum atomic E-state index is 13.7. The SMILES string of the molecule is Fc1ccccc1NC(=S)N1CCN(Cc2ccncc2)CC1. The van der Waals surface area contributed by atoms with Crippen molar-refractivity contribution in [3.05, 3.63) is 60.2 Å². The Balaban J connectivity index is 1.50. The third-order valence-corrected chi connectivity index (χ3v) is 4.29. The van der Waals surface area contributed by atoms with E-state index in [2.05, 4.69) is 20.1 Å². The lowest BCUT2D eigenvalue weighted by Gasteiger charge is -2.36. The number of halogens is 1. The van der Waals surface area contributed by atoms with Crippen LogP contribution < -0.4 is 5.32 Å². The molecular weight excluding hydrogens is 311 g/mol. The standard InChI is InChI=1S/C17H19FN4S/c18-15-3-1-2-4-16(15)20-17(23)22-11-9-21(10-12-22)13-14-5-7-19-8-6-14/h1-8H,9-13H2,(H,20,23). The number of benzene rings is 1. The van der Waals surface area contributed by atoms with Gasteiger partial charge in [-0.15, -0.1) is 0 Å². The Kier molecular flexibility index (Phi) is 5.15. The van der Waals surface area contributed by atoms with Gasteiger partial charge >= 0.3 is 0 Å². The first-order valence-corrected chi connectivity index (χ1v) is 8.05. The summed E-state index contributed by atoms with van der Waals surface area (Å²) in [5.41, 5.74) is 1.69. The fourth-order valence-corrected chi connectivity index (χ4v) is 2.90. The van der Waals surface area contributed by atoms with Gasteiger partial charge in [-0.05, 0) is 42.0 Å². The first-order chi connectivity index (χ1) is 11.2. The van der Waals surface area contributed by atoms with Crippen LogP contribution in [-0.2, 0) is 6.54 Å². The number of nitrogens with zero attached hydrogens (tertiary/aromatic N) is 3. The fourth-order valence-electron chi connectivity index (χ4n) is 2.61. The van der Waals surface area contributed by atoms with Gasteiger partial charge in [0.25, 0.3) is 0 Å². The van der Waals surface area contributed by atoms with Crippen LogP contribution in [0, 0.1) is 5.82 Å². The van der Waals surface area contributed by atoms with Crippen LogP contribution in [0.2, 0.25) is 0 Å². The Bertz CT molecular complexity index is 657. The van der Waals surface area contributed by atoms with E-state index in [4.69, 9.17) is 12.2 Å². The van der Waals surface area contributed by atoms with Crippen LogP contribution in [0.1, 0.15) is 5.56 Å². The Labute approximate surface area is 140 Å². The van der Waals surface area contributed by atoms with E-state index in [-0.39, 0.29) is 5.82 Å². The van der Waals surface area contributed by atoms with Gasteiger partial charge in [-0.25, -0.2) is 4.39 Å². The highest BCUT2D eigenvalue weighted by Crippen LogP contribution is 2.14. The number of piperazine rings is 1. The summed E-state index contributed by atoms with van der Waals surface area (Å²) in [5.74, 6) is -0.286. The lowest BCUT2D eigenvalue weighted by molar-refractivity contribution is 0.177. The van der Waals surface area contributed by atoms with Crippen molar-refractivity contribution in [3.8, 4) is 0 Å². The zero-order valence-electron chi connectivity index (χ0n) is 12.8. The van der Waals surface area contributed by atoms with E-state index in [1.54, 1.807) is 18.2 Å². The topological polar surface area (TPSA) is 31.4 Å². The highest BCUT2D eigenvalue weighted by atomic mass is 32.1. The molecule has 1 aromatic heterocycles. The minimum Gasteiger partial charge on any atom is -0.346 e. The number of pyridine rings is 1. The summed E-state index contributed by atoms with van der Waals surface area (Å²) in [7, 11) is 0. The van der Waals surface area contributed by atoms with E-state index in [0.29, 0.717) is 10.8 Å². The van der Waals surface area contributed by atoms with Crippen LogP contribution in [0.5, 0.6) is 0 Å². The molecule has 1 aromatic carbocycles. The van der Waals surface area contributed by atoms with E-state index < -0.39 is 0 Å². The van der Waals surface area contributed by atoms with Crippen LogP contribution in [0.4, 0.5) is 10.1 Å². The van der Waals surface area contributed by atoms with Crippen molar-refractivity contribution in [1.29, 1.82) is 0 Å². The molecule has 1 fully saturated rings. The summed E-state index contributed by atoms with van der Waals surface area (Å²) in [5, 5.41) is 3.58. The molecule has 1 aliphatic rings. The summed E-state index contributed by atoms with van der Waals surface area (Å²) >= 11 is 5.41. The highest BCUT2D eigenvalue weighted by Gasteiger charge is 2.19. The summed E-state index contributed by atoms with van der Waals surface area (Å²) in [4.78, 5) is 8.51. The third-order valence-electron chi connectivity index (χ3n) is 3.93. The summed E-state index contributed by atoms with van der Waals surface area (Å²) in [6, 6.07) is 10.7. The molecule has 0 aliphatic carbocycles. The Morgan fingerprint density at radius 3 is 2.48 bits per heavy atom. The molecule has 3 rings (SSSR count). The number of anilines is 1. The second kappa shape index (κ2) is 7.48. The quantitative estimate of drug-likeness (QED) is 0.875. The molecule has 0 radical (unpaired) electrons. The smallest absolute Gasteiger partial charge is 0.173 e. The Morgan fingerprint density at radius 2 is 1.78 bits per heavy atom. The third kappa shape index (κ3) is 4.24. The molecule has 120 valence electrons. The average molecular weight is 330 g/mol. The molecule has 2 heterocycles.